The lowest BCUT2D eigenvalue weighted by Gasteiger charge is -2.11. The lowest BCUT2D eigenvalue weighted by atomic mass is 10.2. The summed E-state index contributed by atoms with van der Waals surface area (Å²) in [6, 6.07) is 17.4. The summed E-state index contributed by atoms with van der Waals surface area (Å²) in [6.07, 6.45) is 1.75. The Balaban J connectivity index is 1.49. The third kappa shape index (κ3) is 5.59. The van der Waals surface area contributed by atoms with E-state index in [1.165, 1.54) is 23.9 Å². The monoisotopic (exact) mass is 530 g/mol. The van der Waals surface area contributed by atoms with E-state index in [2.05, 4.69) is 26.2 Å². The molecular formula is C24H17BrClFN2O2S. The van der Waals surface area contributed by atoms with Crippen molar-refractivity contribution in [3.05, 3.63) is 97.6 Å². The van der Waals surface area contributed by atoms with Crippen LogP contribution in [0, 0.1) is 12.7 Å². The van der Waals surface area contributed by atoms with Crippen molar-refractivity contribution in [2.75, 3.05) is 0 Å². The molecule has 1 saturated heterocycles. The summed E-state index contributed by atoms with van der Waals surface area (Å²) >= 11 is 11.2. The standard InChI is InChI=1S/C24H17BrClFN2O2S/c1-14-2-8-18(9-3-14)28-24-29-23(30)21(32-24)12-16-10-19(25)22(20(26)11-16)31-13-15-4-6-17(27)7-5-15/h2-12H,13H2,1H3,(H,28,29,30)/b21-12+. The zero-order valence-electron chi connectivity index (χ0n) is 16.9. The molecule has 0 aliphatic carbocycles. The smallest absolute Gasteiger partial charge is 0.264 e. The molecular weight excluding hydrogens is 515 g/mol. The highest BCUT2D eigenvalue weighted by Crippen LogP contribution is 2.37. The van der Waals surface area contributed by atoms with Crippen LogP contribution in [0.25, 0.3) is 6.08 Å². The third-order valence-electron chi connectivity index (χ3n) is 4.53. The predicted molar refractivity (Wildman–Crippen MR) is 132 cm³/mol. The second-order valence-electron chi connectivity index (χ2n) is 7.05. The van der Waals surface area contributed by atoms with Crippen LogP contribution in [0.3, 0.4) is 0 Å². The Kier molecular flexibility index (Phi) is 6.98. The number of halogens is 3. The second-order valence-corrected chi connectivity index (χ2v) is 9.34. The van der Waals surface area contributed by atoms with Crippen molar-refractivity contribution in [2.24, 2.45) is 4.99 Å². The van der Waals surface area contributed by atoms with E-state index < -0.39 is 0 Å². The van der Waals surface area contributed by atoms with Crippen LogP contribution in [0.5, 0.6) is 5.75 Å². The van der Waals surface area contributed by atoms with Gasteiger partial charge < -0.3 is 10.1 Å². The molecule has 1 N–H and O–H groups in total. The Morgan fingerprint density at radius 2 is 1.88 bits per heavy atom. The number of nitrogens with one attached hydrogen (secondary N) is 1. The van der Waals surface area contributed by atoms with Gasteiger partial charge in [0, 0.05) is 0 Å². The molecule has 3 aromatic rings. The lowest BCUT2D eigenvalue weighted by molar-refractivity contribution is -0.115. The van der Waals surface area contributed by atoms with Gasteiger partial charge in [0.05, 0.1) is 20.1 Å². The van der Waals surface area contributed by atoms with Crippen LogP contribution in [0.2, 0.25) is 5.02 Å². The summed E-state index contributed by atoms with van der Waals surface area (Å²) in [7, 11) is 0. The van der Waals surface area contributed by atoms with Crippen molar-refractivity contribution in [3.8, 4) is 5.75 Å². The molecule has 0 unspecified atom stereocenters. The Morgan fingerprint density at radius 1 is 1.16 bits per heavy atom. The molecule has 1 amide bonds. The van der Waals surface area contributed by atoms with Gasteiger partial charge in [0.1, 0.15) is 12.4 Å². The Hall–Kier alpha value is -2.61. The zero-order chi connectivity index (χ0) is 22.7. The molecule has 162 valence electrons. The maximum absolute atomic E-state index is 13.1. The Bertz CT molecular complexity index is 1200. The van der Waals surface area contributed by atoms with Crippen LogP contribution in [0.4, 0.5) is 10.1 Å². The molecule has 4 rings (SSSR count). The molecule has 0 saturated carbocycles. The zero-order valence-corrected chi connectivity index (χ0v) is 20.0. The van der Waals surface area contributed by atoms with E-state index in [4.69, 9.17) is 16.3 Å². The third-order valence-corrected chi connectivity index (χ3v) is 6.31. The van der Waals surface area contributed by atoms with E-state index in [-0.39, 0.29) is 18.3 Å². The number of carbonyl (C=O) groups is 1. The number of hydrogen-bond donors (Lipinski definition) is 1. The first-order valence-corrected chi connectivity index (χ1v) is 11.6. The van der Waals surface area contributed by atoms with Crippen LogP contribution >= 0.6 is 39.3 Å². The summed E-state index contributed by atoms with van der Waals surface area (Å²) in [4.78, 5) is 17.4. The van der Waals surface area contributed by atoms with E-state index in [0.717, 1.165) is 22.4 Å². The molecule has 1 fully saturated rings. The first-order valence-electron chi connectivity index (χ1n) is 9.60. The van der Waals surface area contributed by atoms with Gasteiger partial charge >= 0.3 is 0 Å². The van der Waals surface area contributed by atoms with E-state index in [9.17, 15) is 9.18 Å². The van der Waals surface area contributed by atoms with E-state index in [1.807, 2.05) is 37.3 Å². The van der Waals surface area contributed by atoms with Gasteiger partial charge in [-0.25, -0.2) is 9.38 Å². The van der Waals surface area contributed by atoms with Crippen molar-refractivity contribution < 1.29 is 13.9 Å². The molecule has 3 aromatic carbocycles. The number of amides is 1. The molecule has 0 atom stereocenters. The normalized spacial score (nSPS) is 15.9. The molecule has 1 aliphatic heterocycles. The number of aryl methyl sites for hydroxylation is 1. The lowest BCUT2D eigenvalue weighted by Crippen LogP contribution is -2.19. The highest BCUT2D eigenvalue weighted by atomic mass is 79.9. The van der Waals surface area contributed by atoms with Gasteiger partial charge in [-0.2, -0.15) is 0 Å². The number of thioether (sulfide) groups is 1. The highest BCUT2D eigenvalue weighted by molar-refractivity contribution is 9.10. The molecule has 32 heavy (non-hydrogen) atoms. The fraction of sp³-hybridized carbons (Fsp3) is 0.0833. The minimum atomic E-state index is -0.300. The van der Waals surface area contributed by atoms with Gasteiger partial charge in [-0.15, -0.1) is 0 Å². The van der Waals surface area contributed by atoms with Gasteiger partial charge in [0.25, 0.3) is 5.91 Å². The SMILES string of the molecule is Cc1ccc(N=C2NC(=O)/C(=C\c3cc(Cl)c(OCc4ccc(F)cc4)c(Br)c3)S2)cc1. The second kappa shape index (κ2) is 9.90. The van der Waals surface area contributed by atoms with E-state index >= 15 is 0 Å². The van der Waals surface area contributed by atoms with Gasteiger partial charge in [-0.3, -0.25) is 4.79 Å². The number of amidine groups is 1. The number of nitrogens with zero attached hydrogens (tertiary/aromatic N) is 1. The maximum Gasteiger partial charge on any atom is 0.264 e. The van der Waals surface area contributed by atoms with Crippen LogP contribution < -0.4 is 10.1 Å². The Labute approximate surface area is 202 Å². The van der Waals surface area contributed by atoms with Crippen LogP contribution in [-0.4, -0.2) is 11.1 Å². The van der Waals surface area contributed by atoms with Crippen molar-refractivity contribution >= 4 is 62.1 Å². The van der Waals surface area contributed by atoms with Crippen molar-refractivity contribution in [1.82, 2.24) is 5.32 Å². The number of aliphatic imine (C=N–C) groups is 1. The fourth-order valence-corrected chi connectivity index (χ4v) is 4.74. The largest absolute Gasteiger partial charge is 0.486 e. The van der Waals surface area contributed by atoms with Crippen molar-refractivity contribution in [3.63, 3.8) is 0 Å². The molecule has 0 aromatic heterocycles. The topological polar surface area (TPSA) is 50.7 Å². The van der Waals surface area contributed by atoms with E-state index in [1.54, 1.807) is 24.3 Å². The van der Waals surface area contributed by atoms with Gasteiger partial charge in [-0.1, -0.05) is 41.4 Å². The molecule has 1 aliphatic rings. The van der Waals surface area contributed by atoms with Crippen LogP contribution in [0.1, 0.15) is 16.7 Å². The molecule has 0 spiro atoms. The van der Waals surface area contributed by atoms with Gasteiger partial charge in [-0.05, 0) is 88.2 Å². The molecule has 8 heteroatoms. The summed E-state index contributed by atoms with van der Waals surface area (Å²) in [5, 5.41) is 3.70. The van der Waals surface area contributed by atoms with Gasteiger partial charge in [0.15, 0.2) is 10.9 Å². The van der Waals surface area contributed by atoms with Gasteiger partial charge in [0.2, 0.25) is 0 Å². The molecule has 4 nitrogen and oxygen atoms in total. The van der Waals surface area contributed by atoms with Crippen LogP contribution in [-0.2, 0) is 11.4 Å². The summed E-state index contributed by atoms with van der Waals surface area (Å²) in [5.74, 6) is -0.0423. The predicted octanol–water partition coefficient (Wildman–Crippen LogP) is 7.02. The summed E-state index contributed by atoms with van der Waals surface area (Å²) in [5.41, 5.74) is 3.48. The van der Waals surface area contributed by atoms with Crippen molar-refractivity contribution in [1.29, 1.82) is 0 Å². The summed E-state index contributed by atoms with van der Waals surface area (Å²) in [6.45, 7) is 2.25. The van der Waals surface area contributed by atoms with Crippen LogP contribution in [0.15, 0.2) is 75.0 Å². The fourth-order valence-electron chi connectivity index (χ4n) is 2.91. The maximum atomic E-state index is 13.1. The number of benzene rings is 3. The summed E-state index contributed by atoms with van der Waals surface area (Å²) < 4.78 is 19.5. The number of hydrogen-bond acceptors (Lipinski definition) is 4. The number of rotatable bonds is 5. The average Bonchev–Trinajstić information content (AvgIpc) is 3.09. The molecule has 0 bridgehead atoms. The minimum absolute atomic E-state index is 0.218. The number of carbonyl (C=O) groups excluding carboxylic acids is 1. The van der Waals surface area contributed by atoms with E-state index in [0.29, 0.717) is 25.3 Å². The first kappa shape index (κ1) is 22.6. The molecule has 1 heterocycles. The number of ether oxygens (including phenoxy) is 1. The van der Waals surface area contributed by atoms with Crippen molar-refractivity contribution in [2.45, 2.75) is 13.5 Å². The Morgan fingerprint density at radius 3 is 2.56 bits per heavy atom. The minimum Gasteiger partial charge on any atom is -0.486 e. The quantitative estimate of drug-likeness (QED) is 0.360. The first-order chi connectivity index (χ1) is 15.4. The molecule has 0 radical (unpaired) electrons. The highest BCUT2D eigenvalue weighted by Gasteiger charge is 2.24. The average molecular weight is 532 g/mol.